The summed E-state index contributed by atoms with van der Waals surface area (Å²) in [6.45, 7) is 5.54. The summed E-state index contributed by atoms with van der Waals surface area (Å²) >= 11 is 6.61. The Labute approximate surface area is 72.9 Å². The number of aromatic nitrogens is 2. The lowest BCUT2D eigenvalue weighted by Gasteiger charge is -1.93. The normalized spacial score (nSPS) is 10.0. The highest BCUT2D eigenvalue weighted by molar-refractivity contribution is 7.08. The molecule has 0 N–H and O–H groups in total. The van der Waals surface area contributed by atoms with Crippen molar-refractivity contribution in [3.8, 4) is 0 Å². The van der Waals surface area contributed by atoms with Gasteiger partial charge >= 0.3 is 4.87 Å². The first-order chi connectivity index (χ1) is 5.09. The van der Waals surface area contributed by atoms with Gasteiger partial charge in [0.25, 0.3) is 0 Å². The van der Waals surface area contributed by atoms with E-state index in [0.29, 0.717) is 11.6 Å². The predicted molar refractivity (Wildman–Crippen MR) is 46.1 cm³/mol. The van der Waals surface area contributed by atoms with Gasteiger partial charge < -0.3 is 0 Å². The molecule has 0 bridgehead atoms. The van der Waals surface area contributed by atoms with Crippen molar-refractivity contribution in [3.05, 3.63) is 26.3 Å². The first-order valence-corrected chi connectivity index (χ1v) is 4.17. The lowest BCUT2D eigenvalue weighted by atomic mass is 10.6. The van der Waals surface area contributed by atoms with Crippen molar-refractivity contribution < 1.29 is 0 Å². The van der Waals surface area contributed by atoms with E-state index in [0.717, 1.165) is 16.3 Å². The van der Waals surface area contributed by atoms with Crippen LogP contribution < -0.4 is 4.87 Å². The number of halogens is 1. The molecule has 0 aliphatic carbocycles. The molecule has 0 saturated heterocycles. The van der Waals surface area contributed by atoms with E-state index < -0.39 is 0 Å². The lowest BCUT2D eigenvalue weighted by molar-refractivity contribution is 0.667. The minimum absolute atomic E-state index is 0.0932. The molecule has 1 heterocycles. The molecule has 1 aromatic rings. The number of nitrogens with zero attached hydrogens (tertiary/aromatic N) is 2. The van der Waals surface area contributed by atoms with Gasteiger partial charge in [-0.1, -0.05) is 29.5 Å². The monoisotopic (exact) mass is 190 g/mol. The van der Waals surface area contributed by atoms with Crippen molar-refractivity contribution in [2.24, 2.45) is 0 Å². The summed E-state index contributed by atoms with van der Waals surface area (Å²) in [5, 5.41) is 5.09. The third kappa shape index (κ3) is 2.17. The fourth-order valence-corrected chi connectivity index (χ4v) is 1.39. The molecule has 0 unspecified atom stereocenters. The quantitative estimate of drug-likeness (QED) is 0.706. The zero-order chi connectivity index (χ0) is 8.43. The SMILES string of the molecule is C=C(Cl)Cn1nc(C)sc1=O. The second kappa shape index (κ2) is 3.19. The molecule has 0 atom stereocenters. The topological polar surface area (TPSA) is 34.9 Å². The maximum absolute atomic E-state index is 11.0. The Morgan fingerprint density at radius 1 is 1.91 bits per heavy atom. The van der Waals surface area contributed by atoms with Gasteiger partial charge in [-0.2, -0.15) is 5.10 Å². The summed E-state index contributed by atoms with van der Waals surface area (Å²) in [4.78, 5) is 10.9. The van der Waals surface area contributed by atoms with Crippen molar-refractivity contribution in [3.63, 3.8) is 0 Å². The van der Waals surface area contributed by atoms with E-state index in [9.17, 15) is 4.79 Å². The van der Waals surface area contributed by atoms with Crippen LogP contribution in [0.2, 0.25) is 0 Å². The Kier molecular flexibility index (Phi) is 2.46. The van der Waals surface area contributed by atoms with Gasteiger partial charge in [0.2, 0.25) is 0 Å². The maximum atomic E-state index is 11.0. The van der Waals surface area contributed by atoms with E-state index in [1.807, 2.05) is 0 Å². The summed E-state index contributed by atoms with van der Waals surface area (Å²) in [5.41, 5.74) is 0. The van der Waals surface area contributed by atoms with Gasteiger partial charge in [-0.15, -0.1) is 0 Å². The van der Waals surface area contributed by atoms with Crippen LogP contribution >= 0.6 is 22.9 Å². The van der Waals surface area contributed by atoms with Crippen LogP contribution in [0.25, 0.3) is 0 Å². The molecule has 60 valence electrons. The standard InChI is InChI=1S/C6H7ClN2OS/c1-4(7)3-9-6(10)11-5(2)8-9/h1,3H2,2H3. The fourth-order valence-electron chi connectivity index (χ4n) is 0.673. The van der Waals surface area contributed by atoms with Crippen LogP contribution in [0.5, 0.6) is 0 Å². The molecule has 5 heteroatoms. The van der Waals surface area contributed by atoms with E-state index in [1.54, 1.807) is 6.92 Å². The molecule has 0 aliphatic rings. The van der Waals surface area contributed by atoms with Crippen molar-refractivity contribution in [1.29, 1.82) is 0 Å². The minimum Gasteiger partial charge on any atom is -0.255 e. The van der Waals surface area contributed by atoms with Gasteiger partial charge in [-0.25, -0.2) is 4.68 Å². The third-order valence-corrected chi connectivity index (χ3v) is 1.91. The number of allylic oxidation sites excluding steroid dienone is 1. The summed E-state index contributed by atoms with van der Waals surface area (Å²) in [6.07, 6.45) is 0. The molecule has 11 heavy (non-hydrogen) atoms. The zero-order valence-electron chi connectivity index (χ0n) is 6.00. The Balaban J connectivity index is 2.95. The summed E-state index contributed by atoms with van der Waals surface area (Å²) in [7, 11) is 0. The van der Waals surface area contributed by atoms with Crippen LogP contribution in [0.1, 0.15) is 5.01 Å². The smallest absolute Gasteiger partial charge is 0.255 e. The number of hydrogen-bond donors (Lipinski definition) is 0. The van der Waals surface area contributed by atoms with Gasteiger partial charge in [0, 0.05) is 5.03 Å². The molecule has 0 fully saturated rings. The minimum atomic E-state index is -0.0932. The van der Waals surface area contributed by atoms with Crippen molar-refractivity contribution in [1.82, 2.24) is 9.78 Å². The maximum Gasteiger partial charge on any atom is 0.325 e. The van der Waals surface area contributed by atoms with Crippen molar-refractivity contribution >= 4 is 22.9 Å². The highest BCUT2D eigenvalue weighted by atomic mass is 35.5. The third-order valence-electron chi connectivity index (χ3n) is 1.03. The Morgan fingerprint density at radius 3 is 2.91 bits per heavy atom. The highest BCUT2D eigenvalue weighted by Crippen LogP contribution is 2.01. The van der Waals surface area contributed by atoms with Crippen LogP contribution in [0, 0.1) is 6.92 Å². The Hall–Kier alpha value is -0.610. The largest absolute Gasteiger partial charge is 0.325 e. The Bertz CT molecular complexity index is 328. The molecule has 3 nitrogen and oxygen atoms in total. The van der Waals surface area contributed by atoms with Crippen molar-refractivity contribution in [2.45, 2.75) is 13.5 Å². The zero-order valence-corrected chi connectivity index (χ0v) is 7.58. The van der Waals surface area contributed by atoms with Crippen LogP contribution in [0.4, 0.5) is 0 Å². The van der Waals surface area contributed by atoms with Gasteiger partial charge in [-0.05, 0) is 6.92 Å². The van der Waals surface area contributed by atoms with Crippen LogP contribution in [-0.2, 0) is 6.54 Å². The second-order valence-electron chi connectivity index (χ2n) is 2.06. The summed E-state index contributed by atoms with van der Waals surface area (Å²) in [6, 6.07) is 0. The predicted octanol–water partition coefficient (Wildman–Crippen LogP) is 1.37. The molecule has 0 spiro atoms. The molecule has 0 saturated carbocycles. The molecule has 0 radical (unpaired) electrons. The molecule has 0 aliphatic heterocycles. The molecule has 0 amide bonds. The van der Waals surface area contributed by atoms with Crippen LogP contribution in [0.3, 0.4) is 0 Å². The lowest BCUT2D eigenvalue weighted by Crippen LogP contribution is -2.14. The van der Waals surface area contributed by atoms with E-state index in [1.165, 1.54) is 4.68 Å². The van der Waals surface area contributed by atoms with E-state index in [2.05, 4.69) is 11.7 Å². The summed E-state index contributed by atoms with van der Waals surface area (Å²) in [5.74, 6) is 0. The second-order valence-corrected chi connectivity index (χ2v) is 3.74. The Morgan fingerprint density at radius 2 is 2.55 bits per heavy atom. The average molecular weight is 191 g/mol. The number of hydrogen-bond acceptors (Lipinski definition) is 3. The van der Waals surface area contributed by atoms with Gasteiger partial charge in [0.05, 0.1) is 6.54 Å². The van der Waals surface area contributed by atoms with Gasteiger partial charge in [0.15, 0.2) is 0 Å². The molecule has 1 rings (SSSR count). The van der Waals surface area contributed by atoms with E-state index >= 15 is 0 Å². The number of aryl methyl sites for hydroxylation is 1. The average Bonchev–Trinajstić information content (AvgIpc) is 2.09. The molecular formula is C6H7ClN2OS. The van der Waals surface area contributed by atoms with E-state index in [4.69, 9.17) is 11.6 Å². The van der Waals surface area contributed by atoms with Crippen molar-refractivity contribution in [2.75, 3.05) is 0 Å². The van der Waals surface area contributed by atoms with E-state index in [-0.39, 0.29) is 4.87 Å². The van der Waals surface area contributed by atoms with Crippen LogP contribution in [0.15, 0.2) is 16.4 Å². The highest BCUT2D eigenvalue weighted by Gasteiger charge is 2.01. The van der Waals surface area contributed by atoms with Gasteiger partial charge in [0.1, 0.15) is 5.01 Å². The number of rotatable bonds is 2. The first-order valence-electron chi connectivity index (χ1n) is 2.97. The van der Waals surface area contributed by atoms with Crippen LogP contribution in [-0.4, -0.2) is 9.78 Å². The first kappa shape index (κ1) is 8.49. The molecular weight excluding hydrogens is 184 g/mol. The van der Waals surface area contributed by atoms with Gasteiger partial charge in [-0.3, -0.25) is 4.79 Å². The molecule has 0 aromatic carbocycles. The summed E-state index contributed by atoms with van der Waals surface area (Å²) < 4.78 is 1.30. The molecule has 1 aromatic heterocycles. The fraction of sp³-hybridized carbons (Fsp3) is 0.333.